The average Bonchev–Trinajstić information content (AvgIpc) is 3.10. The molecule has 3 rings (SSSR count). The number of carbonyl (C=O) groups is 1. The number of halogens is 2. The molecule has 7 heteroatoms. The molecule has 0 N–H and O–H groups in total. The summed E-state index contributed by atoms with van der Waals surface area (Å²) in [5.74, 6) is -0.853. The van der Waals surface area contributed by atoms with Crippen LogP contribution in [-0.4, -0.2) is 27.7 Å². The van der Waals surface area contributed by atoms with E-state index in [1.165, 1.54) is 23.9 Å². The van der Waals surface area contributed by atoms with E-state index in [-0.39, 0.29) is 16.8 Å². The summed E-state index contributed by atoms with van der Waals surface area (Å²) < 4.78 is 19.9. The summed E-state index contributed by atoms with van der Waals surface area (Å²) >= 11 is 5.70. The first-order chi connectivity index (χ1) is 8.58. The number of hydrogen-bond donors (Lipinski definition) is 0. The third-order valence-electron chi connectivity index (χ3n) is 3.26. The number of methoxy groups -OCH3 is 1. The number of nitrogens with zero attached hydrogens (tertiary/aromatic N) is 3. The first kappa shape index (κ1) is 11.4. The highest BCUT2D eigenvalue weighted by Crippen LogP contribution is 2.49. The Morgan fingerprint density at radius 3 is 2.94 bits per heavy atom. The van der Waals surface area contributed by atoms with Crippen molar-refractivity contribution in [2.24, 2.45) is 0 Å². The lowest BCUT2D eigenvalue weighted by atomic mass is 10.0. The fraction of sp³-hybridized carbons (Fsp3) is 0.364. The van der Waals surface area contributed by atoms with Crippen molar-refractivity contribution in [1.82, 2.24) is 14.6 Å². The third kappa shape index (κ3) is 1.42. The van der Waals surface area contributed by atoms with Crippen molar-refractivity contribution < 1.29 is 13.9 Å². The van der Waals surface area contributed by atoms with Crippen LogP contribution in [0, 0.1) is 5.82 Å². The maximum absolute atomic E-state index is 13.8. The van der Waals surface area contributed by atoms with E-state index in [4.69, 9.17) is 16.3 Å². The summed E-state index contributed by atoms with van der Waals surface area (Å²) in [6, 6.07) is 1.30. The van der Waals surface area contributed by atoms with Crippen molar-refractivity contribution in [2.45, 2.75) is 18.3 Å². The lowest BCUT2D eigenvalue weighted by molar-refractivity contribution is -0.143. The minimum Gasteiger partial charge on any atom is -0.468 e. The molecule has 0 amide bonds. The zero-order valence-corrected chi connectivity index (χ0v) is 10.2. The lowest BCUT2D eigenvalue weighted by Gasteiger charge is -2.11. The number of carbonyl (C=O) groups excluding carboxylic acids is 1. The number of ether oxygens (including phenoxy) is 1. The molecule has 0 unspecified atom stereocenters. The van der Waals surface area contributed by atoms with E-state index in [9.17, 15) is 9.18 Å². The van der Waals surface area contributed by atoms with Crippen LogP contribution in [0.2, 0.25) is 5.28 Å². The molecule has 0 aromatic carbocycles. The monoisotopic (exact) mass is 269 g/mol. The van der Waals surface area contributed by atoms with Gasteiger partial charge in [-0.2, -0.15) is 0 Å². The van der Waals surface area contributed by atoms with Crippen LogP contribution in [0.25, 0.3) is 5.52 Å². The van der Waals surface area contributed by atoms with Gasteiger partial charge in [0.25, 0.3) is 0 Å². The van der Waals surface area contributed by atoms with Crippen LogP contribution in [0.15, 0.2) is 12.3 Å². The highest BCUT2D eigenvalue weighted by atomic mass is 35.5. The highest BCUT2D eigenvalue weighted by Gasteiger charge is 2.55. The van der Waals surface area contributed by atoms with Gasteiger partial charge in [-0.25, -0.2) is 13.9 Å². The van der Waals surface area contributed by atoms with Crippen LogP contribution in [0.1, 0.15) is 18.5 Å². The van der Waals surface area contributed by atoms with Crippen molar-refractivity contribution in [2.75, 3.05) is 7.11 Å². The standard InChI is InChI=1S/C11H9ClFN3O2/c1-18-9(17)11(2-3-11)8-4-6(13)7-5-14-10(12)15-16(7)8/h4-5H,2-3H2,1H3. The van der Waals surface area contributed by atoms with Gasteiger partial charge in [-0.3, -0.25) is 4.79 Å². The smallest absolute Gasteiger partial charge is 0.317 e. The van der Waals surface area contributed by atoms with Gasteiger partial charge in [0.15, 0.2) is 5.82 Å². The number of rotatable bonds is 2. The molecule has 2 aromatic heterocycles. The van der Waals surface area contributed by atoms with Gasteiger partial charge in [0.1, 0.15) is 10.9 Å². The summed E-state index contributed by atoms with van der Waals surface area (Å²) in [6.45, 7) is 0. The number of fused-ring (bicyclic) bond motifs is 1. The first-order valence-corrected chi connectivity index (χ1v) is 5.75. The summed E-state index contributed by atoms with van der Waals surface area (Å²) in [5.41, 5.74) is -0.129. The zero-order valence-electron chi connectivity index (χ0n) is 9.48. The van der Waals surface area contributed by atoms with Crippen LogP contribution < -0.4 is 0 Å². The van der Waals surface area contributed by atoms with E-state index < -0.39 is 11.2 Å². The van der Waals surface area contributed by atoms with E-state index in [0.717, 1.165) is 0 Å². The second-order valence-corrected chi connectivity index (χ2v) is 4.61. The molecule has 0 saturated heterocycles. The Morgan fingerprint density at radius 2 is 2.33 bits per heavy atom. The Kier molecular flexibility index (Phi) is 2.31. The molecule has 0 radical (unpaired) electrons. The molecule has 1 fully saturated rings. The van der Waals surface area contributed by atoms with E-state index in [1.807, 2.05) is 0 Å². The topological polar surface area (TPSA) is 56.5 Å². The second-order valence-electron chi connectivity index (χ2n) is 4.28. The molecule has 18 heavy (non-hydrogen) atoms. The Balaban J connectivity index is 2.24. The van der Waals surface area contributed by atoms with Gasteiger partial charge >= 0.3 is 5.97 Å². The molecule has 0 atom stereocenters. The van der Waals surface area contributed by atoms with Crippen LogP contribution in [0.3, 0.4) is 0 Å². The summed E-state index contributed by atoms with van der Waals surface area (Å²) in [5, 5.41) is 3.94. The Morgan fingerprint density at radius 1 is 1.61 bits per heavy atom. The maximum Gasteiger partial charge on any atom is 0.317 e. The van der Waals surface area contributed by atoms with Gasteiger partial charge in [0, 0.05) is 0 Å². The van der Waals surface area contributed by atoms with Gasteiger partial charge in [-0.1, -0.05) is 0 Å². The molecular weight excluding hydrogens is 261 g/mol. The minimum atomic E-state index is -0.792. The van der Waals surface area contributed by atoms with Gasteiger partial charge in [0.2, 0.25) is 5.28 Å². The van der Waals surface area contributed by atoms with Gasteiger partial charge < -0.3 is 4.74 Å². The van der Waals surface area contributed by atoms with E-state index >= 15 is 0 Å². The van der Waals surface area contributed by atoms with Gasteiger partial charge in [-0.05, 0) is 30.5 Å². The first-order valence-electron chi connectivity index (χ1n) is 5.37. The Labute approximate surface area is 107 Å². The average molecular weight is 270 g/mol. The molecule has 0 aliphatic heterocycles. The molecule has 1 saturated carbocycles. The number of aromatic nitrogens is 3. The largest absolute Gasteiger partial charge is 0.468 e. The second kappa shape index (κ2) is 3.65. The fourth-order valence-corrected chi connectivity index (χ4v) is 2.28. The summed E-state index contributed by atoms with van der Waals surface area (Å²) in [4.78, 5) is 15.5. The third-order valence-corrected chi connectivity index (χ3v) is 3.43. The molecule has 94 valence electrons. The lowest BCUT2D eigenvalue weighted by Crippen LogP contribution is -2.24. The minimum absolute atomic E-state index is 0.0000146. The van der Waals surface area contributed by atoms with Crippen molar-refractivity contribution in [3.63, 3.8) is 0 Å². The van der Waals surface area contributed by atoms with Crippen LogP contribution in [-0.2, 0) is 14.9 Å². The molecule has 1 aliphatic rings. The molecule has 0 spiro atoms. The van der Waals surface area contributed by atoms with Crippen molar-refractivity contribution >= 4 is 23.1 Å². The SMILES string of the molecule is COC(=O)C1(c2cc(F)c3cnc(Cl)nn23)CC1. The van der Waals surface area contributed by atoms with Crippen molar-refractivity contribution in [1.29, 1.82) is 0 Å². The van der Waals surface area contributed by atoms with E-state index in [1.54, 1.807) is 0 Å². The fourth-order valence-electron chi connectivity index (χ4n) is 2.16. The molecule has 2 heterocycles. The normalized spacial score (nSPS) is 16.8. The zero-order chi connectivity index (χ0) is 12.9. The molecule has 5 nitrogen and oxygen atoms in total. The molecular formula is C11H9ClFN3O2. The number of hydrogen-bond acceptors (Lipinski definition) is 4. The predicted octanol–water partition coefficient (Wildman–Crippen LogP) is 1.73. The van der Waals surface area contributed by atoms with Gasteiger partial charge in [0.05, 0.1) is 19.0 Å². The highest BCUT2D eigenvalue weighted by molar-refractivity contribution is 6.28. The Bertz CT molecular complexity index is 651. The molecule has 0 bridgehead atoms. The summed E-state index contributed by atoms with van der Waals surface area (Å²) in [6.07, 6.45) is 2.53. The maximum atomic E-state index is 13.8. The van der Waals surface area contributed by atoms with Crippen LogP contribution in [0.5, 0.6) is 0 Å². The quantitative estimate of drug-likeness (QED) is 0.779. The summed E-state index contributed by atoms with van der Waals surface area (Å²) in [7, 11) is 1.32. The molecule has 2 aromatic rings. The number of esters is 1. The van der Waals surface area contributed by atoms with Crippen molar-refractivity contribution in [3.8, 4) is 0 Å². The molecule has 1 aliphatic carbocycles. The van der Waals surface area contributed by atoms with E-state index in [2.05, 4.69) is 10.1 Å². The van der Waals surface area contributed by atoms with Crippen molar-refractivity contribution in [3.05, 3.63) is 29.1 Å². The van der Waals surface area contributed by atoms with Gasteiger partial charge in [-0.15, -0.1) is 5.10 Å². The van der Waals surface area contributed by atoms with E-state index in [0.29, 0.717) is 18.5 Å². The van der Waals surface area contributed by atoms with Crippen LogP contribution in [0.4, 0.5) is 4.39 Å². The van der Waals surface area contributed by atoms with Crippen LogP contribution >= 0.6 is 11.6 Å². The Hall–Kier alpha value is -1.69. The predicted molar refractivity (Wildman–Crippen MR) is 60.9 cm³/mol.